The Morgan fingerprint density at radius 2 is 1.97 bits per heavy atom. The molecular weight excluding hydrogens is 501 g/mol. The smallest absolute Gasteiger partial charge is 0.433 e. The predicted molar refractivity (Wildman–Crippen MR) is 131 cm³/mol. The molecule has 2 bridgehead atoms. The lowest BCUT2D eigenvalue weighted by atomic mass is 9.97. The van der Waals surface area contributed by atoms with E-state index in [1.165, 1.54) is 16.7 Å². The van der Waals surface area contributed by atoms with Gasteiger partial charge in [0.05, 0.1) is 17.2 Å². The molecule has 1 N–H and O–H groups in total. The van der Waals surface area contributed by atoms with E-state index in [1.54, 1.807) is 17.2 Å². The number of carbonyl (C=O) groups is 1. The molecular formula is C27H23F3N4O4. The molecule has 4 aromatic rings. The Hall–Kier alpha value is -4.28. The van der Waals surface area contributed by atoms with Crippen LogP contribution < -0.4 is 10.3 Å². The zero-order chi connectivity index (χ0) is 26.8. The first-order valence-corrected chi connectivity index (χ1v) is 12.1. The molecule has 1 amide bonds. The van der Waals surface area contributed by atoms with Crippen LogP contribution in [0.25, 0.3) is 16.6 Å². The number of pyridine rings is 2. The van der Waals surface area contributed by atoms with E-state index in [1.807, 2.05) is 25.2 Å². The van der Waals surface area contributed by atoms with Gasteiger partial charge in [0, 0.05) is 60.2 Å². The summed E-state index contributed by atoms with van der Waals surface area (Å²) in [5.41, 5.74) is 2.89. The van der Waals surface area contributed by atoms with Crippen molar-refractivity contribution in [2.75, 3.05) is 0 Å². The SMILES string of the molecule is Cn1c2c(c3ccc(-n4ccc(OCc5ccc(C(F)(F)F)nc5)cc4=O)cc31)C1CCC(C2)N1C(=O)O. The van der Waals surface area contributed by atoms with Crippen molar-refractivity contribution < 1.29 is 27.8 Å². The van der Waals surface area contributed by atoms with Crippen LogP contribution in [0.1, 0.15) is 41.4 Å². The summed E-state index contributed by atoms with van der Waals surface area (Å²) in [6.07, 6.45) is -0.400. The van der Waals surface area contributed by atoms with Gasteiger partial charge in [0.2, 0.25) is 0 Å². The molecule has 0 radical (unpaired) electrons. The van der Waals surface area contributed by atoms with Crippen LogP contribution in [0, 0.1) is 0 Å². The average Bonchev–Trinajstić information content (AvgIpc) is 3.35. The van der Waals surface area contributed by atoms with Gasteiger partial charge in [0.25, 0.3) is 5.56 Å². The first-order chi connectivity index (χ1) is 18.1. The molecule has 1 aromatic carbocycles. The van der Waals surface area contributed by atoms with Crippen molar-refractivity contribution in [1.29, 1.82) is 0 Å². The van der Waals surface area contributed by atoms with Gasteiger partial charge in [-0.25, -0.2) is 4.79 Å². The van der Waals surface area contributed by atoms with Gasteiger partial charge in [-0.2, -0.15) is 13.2 Å². The van der Waals surface area contributed by atoms with E-state index in [0.717, 1.165) is 47.3 Å². The number of aryl methyl sites for hydroxylation is 1. The molecule has 0 aliphatic carbocycles. The number of halogens is 3. The maximum Gasteiger partial charge on any atom is 0.433 e. The molecule has 5 heterocycles. The lowest BCUT2D eigenvalue weighted by Gasteiger charge is -2.33. The van der Waals surface area contributed by atoms with Crippen molar-refractivity contribution in [3.05, 3.63) is 87.7 Å². The van der Waals surface area contributed by atoms with E-state index in [0.29, 0.717) is 17.7 Å². The minimum Gasteiger partial charge on any atom is -0.489 e. The number of aromatic nitrogens is 3. The Bertz CT molecular complexity index is 1620. The van der Waals surface area contributed by atoms with E-state index in [4.69, 9.17) is 4.74 Å². The van der Waals surface area contributed by atoms with E-state index in [-0.39, 0.29) is 30.0 Å². The molecule has 1 saturated heterocycles. The third kappa shape index (κ3) is 3.89. The van der Waals surface area contributed by atoms with Crippen LogP contribution in [0.15, 0.2) is 59.7 Å². The van der Waals surface area contributed by atoms with Gasteiger partial charge in [0.1, 0.15) is 18.1 Å². The third-order valence-electron chi connectivity index (χ3n) is 7.52. The second-order valence-electron chi connectivity index (χ2n) is 9.67. The highest BCUT2D eigenvalue weighted by Gasteiger charge is 2.45. The lowest BCUT2D eigenvalue weighted by molar-refractivity contribution is -0.141. The molecule has 196 valence electrons. The number of nitrogens with zero attached hydrogens (tertiary/aromatic N) is 4. The van der Waals surface area contributed by atoms with Gasteiger partial charge >= 0.3 is 12.3 Å². The van der Waals surface area contributed by atoms with Gasteiger partial charge < -0.3 is 14.4 Å². The number of ether oxygens (including phenoxy) is 1. The number of carboxylic acid groups (broad SMARTS) is 1. The molecule has 2 aliphatic heterocycles. The van der Waals surface area contributed by atoms with E-state index < -0.39 is 18.0 Å². The van der Waals surface area contributed by atoms with Crippen LogP contribution in [-0.2, 0) is 26.3 Å². The van der Waals surface area contributed by atoms with Gasteiger partial charge in [0.15, 0.2) is 0 Å². The minimum absolute atomic E-state index is 0.0130. The largest absolute Gasteiger partial charge is 0.489 e. The average molecular weight is 524 g/mol. The number of fused-ring (bicyclic) bond motifs is 6. The van der Waals surface area contributed by atoms with Crippen LogP contribution in [0.2, 0.25) is 0 Å². The molecule has 6 rings (SSSR count). The molecule has 2 aliphatic rings. The normalized spacial score (nSPS) is 18.6. The quantitative estimate of drug-likeness (QED) is 0.403. The van der Waals surface area contributed by atoms with E-state index in [9.17, 15) is 27.9 Å². The maximum atomic E-state index is 12.9. The topological polar surface area (TPSA) is 89.6 Å². The molecule has 2 atom stereocenters. The summed E-state index contributed by atoms with van der Waals surface area (Å²) < 4.78 is 47.2. The zero-order valence-corrected chi connectivity index (χ0v) is 20.3. The van der Waals surface area contributed by atoms with Gasteiger partial charge in [-0.3, -0.25) is 19.2 Å². The van der Waals surface area contributed by atoms with E-state index in [2.05, 4.69) is 9.55 Å². The monoisotopic (exact) mass is 524 g/mol. The molecule has 38 heavy (non-hydrogen) atoms. The van der Waals surface area contributed by atoms with Crippen molar-refractivity contribution >= 4 is 17.0 Å². The fourth-order valence-corrected chi connectivity index (χ4v) is 5.76. The molecule has 8 nitrogen and oxygen atoms in total. The first kappa shape index (κ1) is 24.1. The number of benzene rings is 1. The summed E-state index contributed by atoms with van der Waals surface area (Å²) in [4.78, 5) is 29.8. The predicted octanol–water partition coefficient (Wildman–Crippen LogP) is 5.06. The lowest BCUT2D eigenvalue weighted by Crippen LogP contribution is -2.41. The Balaban J connectivity index is 1.25. The van der Waals surface area contributed by atoms with Crippen LogP contribution >= 0.6 is 0 Å². The van der Waals surface area contributed by atoms with Crippen molar-refractivity contribution in [3.8, 4) is 11.4 Å². The van der Waals surface area contributed by atoms with Crippen LogP contribution in [0.3, 0.4) is 0 Å². The van der Waals surface area contributed by atoms with Gasteiger partial charge in [-0.05, 0) is 37.1 Å². The summed E-state index contributed by atoms with van der Waals surface area (Å²) in [6.45, 7) is -0.0367. The number of hydrogen-bond acceptors (Lipinski definition) is 4. The van der Waals surface area contributed by atoms with Crippen molar-refractivity contribution in [3.63, 3.8) is 0 Å². The van der Waals surface area contributed by atoms with Crippen molar-refractivity contribution in [2.24, 2.45) is 7.05 Å². The summed E-state index contributed by atoms with van der Waals surface area (Å²) in [7, 11) is 1.97. The third-order valence-corrected chi connectivity index (χ3v) is 7.52. The Morgan fingerprint density at radius 3 is 2.66 bits per heavy atom. The minimum atomic E-state index is -4.51. The fourth-order valence-electron chi connectivity index (χ4n) is 5.76. The highest BCUT2D eigenvalue weighted by Crippen LogP contribution is 2.47. The highest BCUT2D eigenvalue weighted by atomic mass is 19.4. The van der Waals surface area contributed by atoms with Crippen molar-refractivity contribution in [2.45, 2.75) is 44.1 Å². The molecule has 0 spiro atoms. The summed E-state index contributed by atoms with van der Waals surface area (Å²) in [5.74, 6) is 0.284. The molecule has 2 unspecified atom stereocenters. The van der Waals surface area contributed by atoms with E-state index >= 15 is 0 Å². The standard InChI is InChI=1S/C27H23F3N4O4/c1-32-21-10-16(3-5-19(21)25-20-6-4-17(11-22(25)32)34(20)26(36)37)33-9-8-18(12-24(33)35)38-14-15-2-7-23(31-13-15)27(28,29)30/h2-3,5,7-10,12-13,17,20H,4,6,11,14H2,1H3,(H,36,37). The Kier molecular flexibility index (Phi) is 5.48. The summed E-state index contributed by atoms with van der Waals surface area (Å²) in [5, 5.41) is 10.7. The Morgan fingerprint density at radius 1 is 1.16 bits per heavy atom. The summed E-state index contributed by atoms with van der Waals surface area (Å²) in [6, 6.07) is 10.6. The molecule has 3 aromatic heterocycles. The fraction of sp³-hybridized carbons (Fsp3) is 0.296. The van der Waals surface area contributed by atoms with Crippen LogP contribution in [-0.4, -0.2) is 36.3 Å². The second kappa shape index (κ2) is 8.64. The molecule has 1 fully saturated rings. The number of rotatable bonds is 4. The number of amides is 1. The van der Waals surface area contributed by atoms with Gasteiger partial charge in [-0.1, -0.05) is 12.1 Å². The summed E-state index contributed by atoms with van der Waals surface area (Å²) >= 11 is 0. The van der Waals surface area contributed by atoms with Crippen molar-refractivity contribution in [1.82, 2.24) is 19.0 Å². The number of hydrogen-bond donors (Lipinski definition) is 1. The maximum absolute atomic E-state index is 12.9. The molecule has 11 heteroatoms. The second-order valence-corrected chi connectivity index (χ2v) is 9.67. The first-order valence-electron chi connectivity index (χ1n) is 12.1. The molecule has 0 saturated carbocycles. The van der Waals surface area contributed by atoms with Crippen LogP contribution in [0.5, 0.6) is 5.75 Å². The number of alkyl halides is 3. The van der Waals surface area contributed by atoms with Crippen LogP contribution in [0.4, 0.5) is 18.0 Å². The Labute approximate surface area is 214 Å². The zero-order valence-electron chi connectivity index (χ0n) is 20.3. The highest BCUT2D eigenvalue weighted by molar-refractivity contribution is 5.89. The van der Waals surface area contributed by atoms with Gasteiger partial charge in [-0.15, -0.1) is 0 Å².